The van der Waals surface area contributed by atoms with Crippen molar-refractivity contribution in [2.24, 2.45) is 0 Å². The van der Waals surface area contributed by atoms with Crippen LogP contribution >= 0.6 is 0 Å². The monoisotopic (exact) mass is 471 g/mol. The molecule has 9 nitrogen and oxygen atoms in total. The van der Waals surface area contributed by atoms with Crippen molar-refractivity contribution in [3.8, 4) is 0 Å². The van der Waals surface area contributed by atoms with Crippen LogP contribution in [0.15, 0.2) is 48.5 Å². The van der Waals surface area contributed by atoms with Gasteiger partial charge >= 0.3 is 12.1 Å². The van der Waals surface area contributed by atoms with Gasteiger partial charge in [0.2, 0.25) is 5.91 Å². The Hall–Kier alpha value is -3.59. The zero-order valence-electron chi connectivity index (χ0n) is 20.4. The van der Waals surface area contributed by atoms with Gasteiger partial charge in [-0.15, -0.1) is 0 Å². The fourth-order valence-corrected chi connectivity index (χ4v) is 2.68. The van der Waals surface area contributed by atoms with E-state index in [1.54, 1.807) is 77.9 Å². The Bertz CT molecular complexity index is 989. The molecule has 0 radical (unpaired) electrons. The van der Waals surface area contributed by atoms with Crippen LogP contribution in [0, 0.1) is 0 Å². The Balaban J connectivity index is 2.10. The lowest BCUT2D eigenvalue weighted by Crippen LogP contribution is -2.47. The number of anilines is 2. The number of hydrogen-bond acceptors (Lipinski definition) is 7. The number of hydrogen-bond donors (Lipinski definition) is 3. The average molecular weight is 472 g/mol. The summed E-state index contributed by atoms with van der Waals surface area (Å²) in [6.45, 7) is 10.5. The van der Waals surface area contributed by atoms with Gasteiger partial charge in [-0.2, -0.15) is 4.89 Å². The van der Waals surface area contributed by atoms with Crippen molar-refractivity contribution in [2.45, 2.75) is 65.2 Å². The topological polar surface area (TPSA) is 129 Å². The number of alkyl carbamates (subject to hydrolysis) is 1. The minimum Gasteiger partial charge on any atom is -0.444 e. The summed E-state index contributed by atoms with van der Waals surface area (Å²) in [5, 5.41) is 5.37. The fourth-order valence-electron chi connectivity index (χ4n) is 2.68. The van der Waals surface area contributed by atoms with E-state index in [-0.39, 0.29) is 12.0 Å². The first-order chi connectivity index (χ1) is 15.7. The van der Waals surface area contributed by atoms with Crippen LogP contribution < -0.4 is 16.4 Å². The molecule has 9 heteroatoms. The van der Waals surface area contributed by atoms with Gasteiger partial charge in [-0.1, -0.05) is 12.1 Å². The van der Waals surface area contributed by atoms with Gasteiger partial charge in [-0.25, -0.2) is 9.59 Å². The molecule has 2 aromatic rings. The lowest BCUT2D eigenvalue weighted by atomic mass is 10.0. The molecule has 0 fully saturated rings. The average Bonchev–Trinajstić information content (AvgIpc) is 2.71. The molecule has 2 aromatic carbocycles. The third kappa shape index (κ3) is 9.50. The summed E-state index contributed by atoms with van der Waals surface area (Å²) < 4.78 is 5.30. The van der Waals surface area contributed by atoms with Gasteiger partial charge in [0, 0.05) is 17.8 Å². The summed E-state index contributed by atoms with van der Waals surface area (Å²) in [4.78, 5) is 47.3. The Morgan fingerprint density at radius 2 is 1.47 bits per heavy atom. The molecule has 2 rings (SSSR count). The maximum Gasteiger partial charge on any atom is 0.408 e. The second-order valence-corrected chi connectivity index (χ2v) is 9.78. The van der Waals surface area contributed by atoms with Crippen LogP contribution in [0.25, 0.3) is 0 Å². The standard InChI is InChI=1S/C25H33N3O6/c1-24(2,3)32-23(31)28-20(15-16-7-11-18(26)12-8-16)21(29)27-19-13-9-17(10-14-19)22(30)33-34-25(4,5)6/h7-14,20H,15,26H2,1-6H3,(H,27,29)(H,28,31)/t20-/m0/s1. The number of nitrogen functional groups attached to an aromatic ring is 1. The number of ether oxygens (including phenoxy) is 1. The first kappa shape index (κ1) is 26.7. The predicted octanol–water partition coefficient (Wildman–Crippen LogP) is 4.23. The molecule has 0 saturated heterocycles. The zero-order chi connectivity index (χ0) is 25.5. The lowest BCUT2D eigenvalue weighted by Gasteiger charge is -2.23. The molecule has 184 valence electrons. The highest BCUT2D eigenvalue weighted by atomic mass is 17.2. The molecular formula is C25H33N3O6. The van der Waals surface area contributed by atoms with E-state index in [2.05, 4.69) is 10.6 Å². The van der Waals surface area contributed by atoms with Crippen molar-refractivity contribution in [3.05, 3.63) is 59.7 Å². The highest BCUT2D eigenvalue weighted by Gasteiger charge is 2.25. The first-order valence-electron chi connectivity index (χ1n) is 10.9. The Morgan fingerprint density at radius 1 is 0.882 bits per heavy atom. The molecule has 0 aliphatic rings. The van der Waals surface area contributed by atoms with E-state index in [1.807, 2.05) is 0 Å². The van der Waals surface area contributed by atoms with Gasteiger partial charge in [-0.3, -0.25) is 9.68 Å². The predicted molar refractivity (Wildman–Crippen MR) is 129 cm³/mol. The van der Waals surface area contributed by atoms with Gasteiger partial charge in [0.05, 0.1) is 5.56 Å². The van der Waals surface area contributed by atoms with Gasteiger partial charge in [0.15, 0.2) is 0 Å². The molecule has 1 atom stereocenters. The molecule has 2 amide bonds. The van der Waals surface area contributed by atoms with Crippen LogP contribution in [0.3, 0.4) is 0 Å². The van der Waals surface area contributed by atoms with E-state index in [1.165, 1.54) is 12.1 Å². The number of rotatable bonds is 7. The van der Waals surface area contributed by atoms with Crippen LogP contribution in [0.5, 0.6) is 0 Å². The molecule has 0 heterocycles. The summed E-state index contributed by atoms with van der Waals surface area (Å²) in [5.74, 6) is -1.10. The van der Waals surface area contributed by atoms with E-state index < -0.39 is 35.2 Å². The Morgan fingerprint density at radius 3 is 2.00 bits per heavy atom. The second kappa shape index (κ2) is 11.0. The SMILES string of the molecule is CC(C)(C)OOC(=O)c1ccc(NC(=O)[C@H](Cc2ccc(N)cc2)NC(=O)OC(C)(C)C)cc1. The van der Waals surface area contributed by atoms with Crippen LogP contribution in [-0.2, 0) is 25.7 Å². The van der Waals surface area contributed by atoms with E-state index in [0.29, 0.717) is 11.4 Å². The van der Waals surface area contributed by atoms with Crippen LogP contribution in [0.2, 0.25) is 0 Å². The van der Waals surface area contributed by atoms with Crippen molar-refractivity contribution in [1.82, 2.24) is 5.32 Å². The lowest BCUT2D eigenvalue weighted by molar-refractivity contribution is -0.301. The van der Waals surface area contributed by atoms with Gasteiger partial charge in [0.1, 0.15) is 17.2 Å². The number of amides is 2. The second-order valence-electron chi connectivity index (χ2n) is 9.78. The summed E-state index contributed by atoms with van der Waals surface area (Å²) in [7, 11) is 0. The van der Waals surface area contributed by atoms with Crippen LogP contribution in [0.1, 0.15) is 57.5 Å². The maximum absolute atomic E-state index is 13.0. The smallest absolute Gasteiger partial charge is 0.408 e. The molecule has 0 aliphatic heterocycles. The molecule has 0 bridgehead atoms. The summed E-state index contributed by atoms with van der Waals surface area (Å²) >= 11 is 0. The fraction of sp³-hybridized carbons (Fsp3) is 0.400. The highest BCUT2D eigenvalue weighted by molar-refractivity contribution is 5.97. The molecule has 34 heavy (non-hydrogen) atoms. The molecule has 0 aliphatic carbocycles. The van der Waals surface area contributed by atoms with Crippen molar-refractivity contribution in [1.29, 1.82) is 0 Å². The highest BCUT2D eigenvalue weighted by Crippen LogP contribution is 2.15. The number of benzene rings is 2. The minimum absolute atomic E-state index is 0.222. The summed E-state index contributed by atoms with van der Waals surface area (Å²) in [6, 6.07) is 12.2. The third-order valence-electron chi connectivity index (χ3n) is 4.18. The van der Waals surface area contributed by atoms with Gasteiger partial charge in [-0.05, 0) is 83.5 Å². The van der Waals surface area contributed by atoms with Crippen molar-refractivity contribution >= 4 is 29.3 Å². The zero-order valence-corrected chi connectivity index (χ0v) is 20.4. The largest absolute Gasteiger partial charge is 0.444 e. The van der Waals surface area contributed by atoms with Gasteiger partial charge < -0.3 is 21.1 Å². The summed E-state index contributed by atoms with van der Waals surface area (Å²) in [5.41, 5.74) is 6.48. The van der Waals surface area contributed by atoms with E-state index in [4.69, 9.17) is 20.2 Å². The number of carbonyl (C=O) groups excluding carboxylic acids is 3. The molecule has 0 spiro atoms. The van der Waals surface area contributed by atoms with E-state index in [0.717, 1.165) is 5.56 Å². The molecule has 0 unspecified atom stereocenters. The molecule has 0 saturated carbocycles. The van der Waals surface area contributed by atoms with Crippen molar-refractivity contribution < 1.29 is 28.9 Å². The molecule has 4 N–H and O–H groups in total. The van der Waals surface area contributed by atoms with Gasteiger partial charge in [0.25, 0.3) is 0 Å². The van der Waals surface area contributed by atoms with Crippen molar-refractivity contribution in [3.63, 3.8) is 0 Å². The molecular weight excluding hydrogens is 438 g/mol. The quantitative estimate of drug-likeness (QED) is 0.313. The van der Waals surface area contributed by atoms with Crippen LogP contribution in [-0.4, -0.2) is 35.2 Å². The third-order valence-corrected chi connectivity index (χ3v) is 4.18. The molecule has 0 aromatic heterocycles. The van der Waals surface area contributed by atoms with E-state index >= 15 is 0 Å². The Kier molecular flexibility index (Phi) is 8.64. The van der Waals surface area contributed by atoms with Crippen LogP contribution in [0.4, 0.5) is 16.2 Å². The number of nitrogens with one attached hydrogen (secondary N) is 2. The maximum atomic E-state index is 13.0. The number of carbonyl (C=O) groups is 3. The number of nitrogens with two attached hydrogens (primary N) is 1. The summed E-state index contributed by atoms with van der Waals surface area (Å²) in [6.07, 6.45) is -0.486. The minimum atomic E-state index is -0.914. The normalized spacial score (nSPS) is 12.4. The Labute approximate surface area is 199 Å². The van der Waals surface area contributed by atoms with Crippen molar-refractivity contribution in [2.75, 3.05) is 11.1 Å². The van der Waals surface area contributed by atoms with E-state index in [9.17, 15) is 14.4 Å². The first-order valence-corrected chi connectivity index (χ1v) is 10.9.